The number of carboxylic acids is 1. The molecule has 1 N–H and O–H groups in total. The van der Waals surface area contributed by atoms with E-state index in [0.717, 1.165) is 0 Å². The summed E-state index contributed by atoms with van der Waals surface area (Å²) in [5, 5.41) is 9.13. The molecule has 0 bridgehead atoms. The summed E-state index contributed by atoms with van der Waals surface area (Å²) >= 11 is 0. The fourth-order valence-corrected chi connectivity index (χ4v) is 2.69. The summed E-state index contributed by atoms with van der Waals surface area (Å²) in [5.41, 5.74) is 0.219. The fourth-order valence-electron chi connectivity index (χ4n) is 2.69. The number of hydrogen-bond acceptors (Lipinski definition) is 2. The van der Waals surface area contributed by atoms with Gasteiger partial charge >= 0.3 is 12.0 Å². The van der Waals surface area contributed by atoms with E-state index in [1.54, 1.807) is 25.1 Å². The number of halogens is 1. The van der Waals surface area contributed by atoms with Gasteiger partial charge in [0.15, 0.2) is 0 Å². The molecule has 1 aromatic rings. The minimum atomic E-state index is -0.897. The molecule has 0 spiro atoms. The Labute approximate surface area is 123 Å². The first kappa shape index (κ1) is 15.3. The van der Waals surface area contributed by atoms with Crippen LogP contribution in [0.2, 0.25) is 0 Å². The Morgan fingerprint density at radius 2 is 2.05 bits per heavy atom. The van der Waals surface area contributed by atoms with Gasteiger partial charge in [0.25, 0.3) is 0 Å². The van der Waals surface area contributed by atoms with Crippen LogP contribution in [0.3, 0.4) is 0 Å². The molecule has 0 radical (unpaired) electrons. The number of carboxylic acid groups (broad SMARTS) is 1. The first-order valence-electron chi connectivity index (χ1n) is 6.99. The summed E-state index contributed by atoms with van der Waals surface area (Å²) in [7, 11) is 0. The van der Waals surface area contributed by atoms with E-state index in [1.807, 2.05) is 6.92 Å². The third-order valence-electron chi connectivity index (χ3n) is 3.89. The number of carbonyl (C=O) groups is 2. The number of rotatable bonds is 3. The van der Waals surface area contributed by atoms with Gasteiger partial charge in [0, 0.05) is 19.6 Å². The summed E-state index contributed by atoms with van der Waals surface area (Å²) in [5.74, 6) is -2.03. The average Bonchev–Trinajstić information content (AvgIpc) is 2.84. The summed E-state index contributed by atoms with van der Waals surface area (Å²) in [6, 6.07) is 5.73. The minimum absolute atomic E-state index is 0.106. The van der Waals surface area contributed by atoms with E-state index in [1.165, 1.54) is 15.9 Å². The average molecular weight is 294 g/mol. The Bertz CT molecular complexity index is 549. The maximum atomic E-state index is 13.8. The summed E-state index contributed by atoms with van der Waals surface area (Å²) < 4.78 is 13.8. The van der Waals surface area contributed by atoms with E-state index in [2.05, 4.69) is 0 Å². The second-order valence-electron chi connectivity index (χ2n) is 5.31. The van der Waals surface area contributed by atoms with Gasteiger partial charge in [-0.2, -0.15) is 0 Å². The van der Waals surface area contributed by atoms with Gasteiger partial charge in [-0.1, -0.05) is 19.1 Å². The largest absolute Gasteiger partial charge is 0.481 e. The topological polar surface area (TPSA) is 60.9 Å². The third-order valence-corrected chi connectivity index (χ3v) is 3.89. The van der Waals surface area contributed by atoms with Crippen LogP contribution >= 0.6 is 0 Å². The number of anilines is 1. The lowest BCUT2D eigenvalue weighted by molar-refractivity contribution is -0.142. The number of nitrogens with zero attached hydrogens (tertiary/aromatic N) is 2. The molecule has 0 saturated carbocycles. The Balaban J connectivity index is 2.19. The monoisotopic (exact) mass is 294 g/mol. The quantitative estimate of drug-likeness (QED) is 0.931. The van der Waals surface area contributed by atoms with E-state index in [4.69, 9.17) is 5.11 Å². The number of aliphatic carboxylic acids is 1. The van der Waals surface area contributed by atoms with E-state index >= 15 is 0 Å². The Hall–Kier alpha value is -2.11. The standard InChI is InChI=1S/C15H19FN2O3/c1-3-18(13-7-5-4-6-12(13)16)15(21)17-8-10(2)11(9-17)14(19)20/h4-7,10-11H,3,8-9H2,1-2H3,(H,19,20). The SMILES string of the molecule is CCN(C(=O)N1CC(C)C(C(=O)O)C1)c1ccccc1F. The van der Waals surface area contributed by atoms with Crippen LogP contribution in [0, 0.1) is 17.7 Å². The van der Waals surface area contributed by atoms with Crippen molar-refractivity contribution in [3.63, 3.8) is 0 Å². The number of benzene rings is 1. The molecule has 1 fully saturated rings. The van der Waals surface area contributed by atoms with Gasteiger partial charge in [-0.3, -0.25) is 9.69 Å². The van der Waals surface area contributed by atoms with Crippen LogP contribution in [0.25, 0.3) is 0 Å². The molecule has 5 nitrogen and oxygen atoms in total. The van der Waals surface area contributed by atoms with Gasteiger partial charge in [-0.25, -0.2) is 9.18 Å². The second kappa shape index (κ2) is 6.11. The van der Waals surface area contributed by atoms with Crippen LogP contribution in [0.15, 0.2) is 24.3 Å². The molecule has 21 heavy (non-hydrogen) atoms. The van der Waals surface area contributed by atoms with Crippen LogP contribution < -0.4 is 4.90 Å². The molecule has 0 aliphatic carbocycles. The molecule has 2 amide bonds. The van der Waals surface area contributed by atoms with Crippen molar-refractivity contribution in [2.75, 3.05) is 24.5 Å². The molecule has 0 aromatic heterocycles. The van der Waals surface area contributed by atoms with E-state index in [0.29, 0.717) is 13.1 Å². The molecular weight excluding hydrogens is 275 g/mol. The number of amides is 2. The lowest BCUT2D eigenvalue weighted by Crippen LogP contribution is -2.43. The van der Waals surface area contributed by atoms with Gasteiger partial charge in [-0.05, 0) is 25.0 Å². The predicted octanol–water partition coefficient (Wildman–Crippen LogP) is 2.42. The highest BCUT2D eigenvalue weighted by Crippen LogP contribution is 2.26. The molecule has 1 aliphatic rings. The first-order chi connectivity index (χ1) is 9.95. The molecule has 114 valence electrons. The molecular formula is C15H19FN2O3. The smallest absolute Gasteiger partial charge is 0.324 e. The fraction of sp³-hybridized carbons (Fsp3) is 0.467. The third kappa shape index (κ3) is 2.99. The predicted molar refractivity (Wildman–Crippen MR) is 76.7 cm³/mol. The lowest BCUT2D eigenvalue weighted by Gasteiger charge is -2.27. The van der Waals surface area contributed by atoms with Gasteiger partial charge < -0.3 is 10.0 Å². The van der Waals surface area contributed by atoms with Crippen LogP contribution in [0.5, 0.6) is 0 Å². The zero-order valence-electron chi connectivity index (χ0n) is 12.1. The number of para-hydroxylation sites is 1. The summed E-state index contributed by atoms with van der Waals surface area (Å²) in [6.07, 6.45) is 0. The molecule has 1 aliphatic heterocycles. The maximum Gasteiger partial charge on any atom is 0.324 e. The Morgan fingerprint density at radius 3 is 2.57 bits per heavy atom. The molecule has 2 atom stereocenters. The molecule has 2 unspecified atom stereocenters. The van der Waals surface area contributed by atoms with Crippen molar-refractivity contribution in [2.24, 2.45) is 11.8 Å². The van der Waals surface area contributed by atoms with E-state index < -0.39 is 17.7 Å². The van der Waals surface area contributed by atoms with Gasteiger partial charge in [0.2, 0.25) is 0 Å². The number of carbonyl (C=O) groups excluding carboxylic acids is 1. The van der Waals surface area contributed by atoms with Crippen LogP contribution in [0.4, 0.5) is 14.9 Å². The van der Waals surface area contributed by atoms with Crippen molar-refractivity contribution in [1.82, 2.24) is 4.90 Å². The van der Waals surface area contributed by atoms with Crippen LogP contribution in [-0.4, -0.2) is 41.6 Å². The minimum Gasteiger partial charge on any atom is -0.481 e. The van der Waals surface area contributed by atoms with Crippen molar-refractivity contribution in [3.05, 3.63) is 30.1 Å². The first-order valence-corrected chi connectivity index (χ1v) is 6.99. The summed E-state index contributed by atoms with van der Waals surface area (Å²) in [4.78, 5) is 26.5. The lowest BCUT2D eigenvalue weighted by atomic mass is 9.99. The van der Waals surface area contributed by atoms with Gasteiger partial charge in [-0.15, -0.1) is 0 Å². The zero-order chi connectivity index (χ0) is 15.6. The maximum absolute atomic E-state index is 13.8. The number of hydrogen-bond donors (Lipinski definition) is 1. The molecule has 2 rings (SSSR count). The number of urea groups is 1. The highest BCUT2D eigenvalue weighted by Gasteiger charge is 2.38. The van der Waals surface area contributed by atoms with Gasteiger partial charge in [0.1, 0.15) is 5.82 Å². The highest BCUT2D eigenvalue weighted by molar-refractivity contribution is 5.92. The highest BCUT2D eigenvalue weighted by atomic mass is 19.1. The molecule has 1 aromatic carbocycles. The number of likely N-dealkylation sites (tertiary alicyclic amines) is 1. The van der Waals surface area contributed by atoms with Crippen LogP contribution in [0.1, 0.15) is 13.8 Å². The Kier molecular flexibility index (Phi) is 4.45. The summed E-state index contributed by atoms with van der Waals surface area (Å²) in [6.45, 7) is 4.44. The van der Waals surface area contributed by atoms with Crippen LogP contribution in [-0.2, 0) is 4.79 Å². The molecule has 1 heterocycles. The van der Waals surface area contributed by atoms with Crippen molar-refractivity contribution in [2.45, 2.75) is 13.8 Å². The zero-order valence-corrected chi connectivity index (χ0v) is 12.1. The van der Waals surface area contributed by atoms with E-state index in [-0.39, 0.29) is 24.2 Å². The van der Waals surface area contributed by atoms with Crippen molar-refractivity contribution in [1.29, 1.82) is 0 Å². The Morgan fingerprint density at radius 1 is 1.38 bits per heavy atom. The van der Waals surface area contributed by atoms with Crippen molar-refractivity contribution in [3.8, 4) is 0 Å². The van der Waals surface area contributed by atoms with Crippen molar-refractivity contribution < 1.29 is 19.1 Å². The van der Waals surface area contributed by atoms with Gasteiger partial charge in [0.05, 0.1) is 11.6 Å². The second-order valence-corrected chi connectivity index (χ2v) is 5.31. The van der Waals surface area contributed by atoms with E-state index in [9.17, 15) is 14.0 Å². The normalized spacial score (nSPS) is 21.4. The van der Waals surface area contributed by atoms with Crippen molar-refractivity contribution >= 4 is 17.7 Å². The molecule has 6 heteroatoms. The molecule has 1 saturated heterocycles.